The molecule has 0 aliphatic carbocycles. The van der Waals surface area contributed by atoms with E-state index in [1.165, 1.54) is 33.4 Å². The molecule has 0 amide bonds. The number of nitrogens with two attached hydrogens (primary N) is 2. The van der Waals surface area contributed by atoms with Gasteiger partial charge in [-0.05, 0) is 96.5 Å². The van der Waals surface area contributed by atoms with Gasteiger partial charge in [-0.25, -0.2) is 0 Å². The summed E-state index contributed by atoms with van der Waals surface area (Å²) in [5.74, 6) is 0. The Hall–Kier alpha value is -3.52. The van der Waals surface area contributed by atoms with E-state index in [4.69, 9.17) is 11.5 Å². The monoisotopic (exact) mass is 392 g/mol. The third kappa shape index (κ3) is 3.69. The summed E-state index contributed by atoms with van der Waals surface area (Å²) in [6, 6.07) is 25.5. The predicted octanol–water partition coefficient (Wildman–Crippen LogP) is 7.09. The van der Waals surface area contributed by atoms with Crippen LogP contribution in [0.3, 0.4) is 0 Å². The molecular formula is C28H28N2. The van der Waals surface area contributed by atoms with E-state index in [1.807, 2.05) is 12.1 Å². The van der Waals surface area contributed by atoms with E-state index in [-0.39, 0.29) is 0 Å². The van der Waals surface area contributed by atoms with Crippen LogP contribution in [0.1, 0.15) is 22.3 Å². The molecule has 2 heteroatoms. The van der Waals surface area contributed by atoms with Crippen molar-refractivity contribution in [2.24, 2.45) is 0 Å². The minimum absolute atomic E-state index is 0.761. The van der Waals surface area contributed by atoms with Crippen LogP contribution in [-0.4, -0.2) is 0 Å². The van der Waals surface area contributed by atoms with Gasteiger partial charge in [0.05, 0.1) is 0 Å². The molecule has 0 aromatic heterocycles. The van der Waals surface area contributed by atoms with Crippen molar-refractivity contribution < 1.29 is 0 Å². The average Bonchev–Trinajstić information content (AvgIpc) is 2.68. The second-order valence-electron chi connectivity index (χ2n) is 8.25. The quantitative estimate of drug-likeness (QED) is 0.366. The number of benzene rings is 4. The van der Waals surface area contributed by atoms with E-state index in [2.05, 4.69) is 88.4 Å². The van der Waals surface area contributed by atoms with Crippen molar-refractivity contribution in [1.82, 2.24) is 0 Å². The van der Waals surface area contributed by atoms with E-state index in [9.17, 15) is 0 Å². The van der Waals surface area contributed by atoms with Gasteiger partial charge in [-0.2, -0.15) is 0 Å². The first-order chi connectivity index (χ1) is 14.3. The van der Waals surface area contributed by atoms with Crippen molar-refractivity contribution in [3.8, 4) is 33.4 Å². The molecular weight excluding hydrogens is 364 g/mol. The lowest BCUT2D eigenvalue weighted by molar-refractivity contribution is 1.37. The summed E-state index contributed by atoms with van der Waals surface area (Å²) in [4.78, 5) is 0. The second-order valence-corrected chi connectivity index (χ2v) is 8.25. The lowest BCUT2D eigenvalue weighted by Gasteiger charge is -2.18. The average molecular weight is 393 g/mol. The lowest BCUT2D eigenvalue weighted by Crippen LogP contribution is -1.96. The van der Waals surface area contributed by atoms with E-state index in [1.54, 1.807) is 0 Å². The Labute approximate surface area is 179 Å². The molecule has 0 aliphatic rings. The van der Waals surface area contributed by atoms with Crippen molar-refractivity contribution in [2.45, 2.75) is 27.7 Å². The summed E-state index contributed by atoms with van der Waals surface area (Å²) >= 11 is 0. The van der Waals surface area contributed by atoms with Crippen molar-refractivity contribution >= 4 is 11.4 Å². The molecule has 0 unspecified atom stereocenters. The molecule has 0 saturated heterocycles. The van der Waals surface area contributed by atoms with Gasteiger partial charge in [-0.15, -0.1) is 0 Å². The molecule has 4 N–H and O–H groups in total. The van der Waals surface area contributed by atoms with Crippen LogP contribution >= 0.6 is 0 Å². The highest BCUT2D eigenvalue weighted by atomic mass is 14.5. The number of anilines is 2. The summed E-state index contributed by atoms with van der Waals surface area (Å²) < 4.78 is 0. The molecule has 0 fully saturated rings. The topological polar surface area (TPSA) is 52.0 Å². The number of rotatable bonds is 3. The highest BCUT2D eigenvalue weighted by Gasteiger charge is 2.16. The fourth-order valence-corrected chi connectivity index (χ4v) is 4.27. The van der Waals surface area contributed by atoms with Crippen LogP contribution in [0.5, 0.6) is 0 Å². The molecule has 0 spiro atoms. The molecule has 0 saturated carbocycles. The molecule has 0 heterocycles. The zero-order valence-electron chi connectivity index (χ0n) is 18.1. The first-order valence-electron chi connectivity index (χ1n) is 10.3. The fourth-order valence-electron chi connectivity index (χ4n) is 4.27. The first-order valence-corrected chi connectivity index (χ1v) is 10.3. The van der Waals surface area contributed by atoms with Crippen LogP contribution in [-0.2, 0) is 0 Å². The third-order valence-electron chi connectivity index (χ3n) is 5.72. The molecule has 150 valence electrons. The van der Waals surface area contributed by atoms with Gasteiger partial charge in [0.2, 0.25) is 0 Å². The first kappa shape index (κ1) is 19.8. The van der Waals surface area contributed by atoms with Crippen molar-refractivity contribution in [3.63, 3.8) is 0 Å². The minimum atomic E-state index is 0.761. The largest absolute Gasteiger partial charge is 0.399 e. The summed E-state index contributed by atoms with van der Waals surface area (Å²) in [6.07, 6.45) is 0. The van der Waals surface area contributed by atoms with Crippen molar-refractivity contribution in [1.29, 1.82) is 0 Å². The Morgan fingerprint density at radius 1 is 0.400 bits per heavy atom. The second kappa shape index (κ2) is 7.72. The summed E-state index contributed by atoms with van der Waals surface area (Å²) in [7, 11) is 0. The molecule has 4 aromatic rings. The summed E-state index contributed by atoms with van der Waals surface area (Å²) in [5.41, 5.74) is 25.9. The van der Waals surface area contributed by atoms with Crippen LogP contribution in [0.2, 0.25) is 0 Å². The van der Waals surface area contributed by atoms with Crippen LogP contribution < -0.4 is 11.5 Å². The Morgan fingerprint density at radius 3 is 1.13 bits per heavy atom. The molecule has 0 aliphatic heterocycles. The van der Waals surface area contributed by atoms with Crippen LogP contribution in [0.4, 0.5) is 11.4 Å². The Balaban J connectivity index is 2.01. The Morgan fingerprint density at radius 2 is 0.767 bits per heavy atom. The minimum Gasteiger partial charge on any atom is -0.399 e. The smallest absolute Gasteiger partial charge is 0.0320 e. The number of nitrogen functional groups attached to an aromatic ring is 2. The van der Waals surface area contributed by atoms with Crippen molar-refractivity contribution in [2.75, 3.05) is 11.5 Å². The molecule has 4 rings (SSSR count). The van der Waals surface area contributed by atoms with Crippen LogP contribution in [0.15, 0.2) is 72.8 Å². The highest BCUT2D eigenvalue weighted by Crippen LogP contribution is 2.41. The maximum absolute atomic E-state index is 6.22. The molecule has 4 aromatic carbocycles. The number of hydrogen-bond acceptors (Lipinski definition) is 2. The summed E-state index contributed by atoms with van der Waals surface area (Å²) in [5, 5.41) is 0. The zero-order valence-corrected chi connectivity index (χ0v) is 18.1. The van der Waals surface area contributed by atoms with Crippen molar-refractivity contribution in [3.05, 3.63) is 95.1 Å². The standard InChI is InChI=1S/C28H28N2/c1-17-5-9-23(19(3)13-17)27-15-21(29)7-11-25(27)26-12-8-22(30)16-28(26)24-10-6-18(2)14-20(24)4/h5-16H,29-30H2,1-4H3. The molecule has 0 radical (unpaired) electrons. The summed E-state index contributed by atoms with van der Waals surface area (Å²) in [6.45, 7) is 8.55. The third-order valence-corrected chi connectivity index (χ3v) is 5.72. The van der Waals surface area contributed by atoms with Gasteiger partial charge in [0.1, 0.15) is 0 Å². The SMILES string of the molecule is Cc1ccc(-c2cc(N)ccc2-c2ccc(N)cc2-c2ccc(C)cc2C)c(C)c1. The zero-order chi connectivity index (χ0) is 21.4. The van der Waals surface area contributed by atoms with Gasteiger partial charge >= 0.3 is 0 Å². The van der Waals surface area contributed by atoms with E-state index in [0.717, 1.165) is 33.6 Å². The van der Waals surface area contributed by atoms with Gasteiger partial charge in [0.15, 0.2) is 0 Å². The lowest BCUT2D eigenvalue weighted by atomic mass is 9.86. The predicted molar refractivity (Wildman–Crippen MR) is 131 cm³/mol. The van der Waals surface area contributed by atoms with E-state index in [0.29, 0.717) is 0 Å². The van der Waals surface area contributed by atoms with Gasteiger partial charge < -0.3 is 11.5 Å². The van der Waals surface area contributed by atoms with E-state index < -0.39 is 0 Å². The van der Waals surface area contributed by atoms with Gasteiger partial charge in [-0.1, -0.05) is 59.7 Å². The molecule has 2 nitrogen and oxygen atoms in total. The van der Waals surface area contributed by atoms with Gasteiger partial charge in [0, 0.05) is 11.4 Å². The Kier molecular flexibility index (Phi) is 5.09. The normalized spacial score (nSPS) is 10.9. The Bertz CT molecular complexity index is 1150. The van der Waals surface area contributed by atoms with Crippen LogP contribution in [0.25, 0.3) is 33.4 Å². The fraction of sp³-hybridized carbons (Fsp3) is 0.143. The number of aryl methyl sites for hydroxylation is 4. The van der Waals surface area contributed by atoms with E-state index >= 15 is 0 Å². The maximum atomic E-state index is 6.22. The molecule has 0 bridgehead atoms. The molecule has 0 atom stereocenters. The number of hydrogen-bond donors (Lipinski definition) is 2. The highest BCUT2D eigenvalue weighted by molar-refractivity contribution is 5.94. The van der Waals surface area contributed by atoms with Gasteiger partial charge in [0.25, 0.3) is 0 Å². The van der Waals surface area contributed by atoms with Crippen LogP contribution in [0, 0.1) is 27.7 Å². The molecule has 30 heavy (non-hydrogen) atoms. The maximum Gasteiger partial charge on any atom is 0.0320 e. The van der Waals surface area contributed by atoms with Gasteiger partial charge in [-0.3, -0.25) is 0 Å².